The van der Waals surface area contributed by atoms with Gasteiger partial charge in [-0.15, -0.1) is 0 Å². The van der Waals surface area contributed by atoms with Gasteiger partial charge in [-0.05, 0) is 43.5 Å². The minimum absolute atomic E-state index is 0.118. The van der Waals surface area contributed by atoms with Gasteiger partial charge in [-0.1, -0.05) is 13.0 Å². The standard InChI is InChI=1S/C15H19F4NO/c1-2-7-20-14(13-4-3-8-21-13)10-5-6-11(12(16)9-10)15(17,18)19/h5-6,9,13-14,20H,2-4,7-8H2,1H3. The molecule has 0 aliphatic carbocycles. The van der Waals surface area contributed by atoms with Crippen LogP contribution in [0.3, 0.4) is 0 Å². The van der Waals surface area contributed by atoms with Crippen LogP contribution in [0.1, 0.15) is 43.4 Å². The zero-order chi connectivity index (χ0) is 15.5. The lowest BCUT2D eigenvalue weighted by Gasteiger charge is -2.25. The Balaban J connectivity index is 2.25. The highest BCUT2D eigenvalue weighted by atomic mass is 19.4. The fourth-order valence-corrected chi connectivity index (χ4v) is 2.58. The average molecular weight is 305 g/mol. The van der Waals surface area contributed by atoms with Gasteiger partial charge in [-0.3, -0.25) is 0 Å². The van der Waals surface area contributed by atoms with Gasteiger partial charge in [0.1, 0.15) is 5.82 Å². The van der Waals surface area contributed by atoms with Crippen molar-refractivity contribution in [3.8, 4) is 0 Å². The molecule has 1 fully saturated rings. The molecule has 0 bridgehead atoms. The first kappa shape index (κ1) is 16.2. The van der Waals surface area contributed by atoms with Crippen LogP contribution in [0.15, 0.2) is 18.2 Å². The summed E-state index contributed by atoms with van der Waals surface area (Å²) in [6.45, 7) is 3.33. The number of ether oxygens (including phenoxy) is 1. The number of nitrogens with one attached hydrogen (secondary N) is 1. The Morgan fingerprint density at radius 2 is 2.14 bits per heavy atom. The molecule has 0 radical (unpaired) electrons. The van der Waals surface area contributed by atoms with Crippen LogP contribution in [0.25, 0.3) is 0 Å². The molecule has 1 saturated heterocycles. The van der Waals surface area contributed by atoms with Gasteiger partial charge in [0.2, 0.25) is 0 Å². The summed E-state index contributed by atoms with van der Waals surface area (Å²) >= 11 is 0. The van der Waals surface area contributed by atoms with Crippen LogP contribution in [0.4, 0.5) is 17.6 Å². The number of hydrogen-bond acceptors (Lipinski definition) is 2. The Hall–Kier alpha value is -1.14. The van der Waals surface area contributed by atoms with Crippen LogP contribution in [0.5, 0.6) is 0 Å². The van der Waals surface area contributed by atoms with Crippen LogP contribution in [-0.2, 0) is 10.9 Å². The highest BCUT2D eigenvalue weighted by Gasteiger charge is 2.35. The quantitative estimate of drug-likeness (QED) is 0.828. The molecule has 118 valence electrons. The second-order valence-electron chi connectivity index (χ2n) is 5.22. The third-order valence-corrected chi connectivity index (χ3v) is 3.61. The average Bonchev–Trinajstić information content (AvgIpc) is 2.91. The van der Waals surface area contributed by atoms with Crippen molar-refractivity contribution in [2.24, 2.45) is 0 Å². The van der Waals surface area contributed by atoms with Gasteiger partial charge in [-0.25, -0.2) is 4.39 Å². The van der Waals surface area contributed by atoms with Gasteiger partial charge >= 0.3 is 6.18 Å². The molecule has 2 unspecified atom stereocenters. The third kappa shape index (κ3) is 3.95. The second kappa shape index (κ2) is 6.75. The van der Waals surface area contributed by atoms with Crippen LogP contribution >= 0.6 is 0 Å². The maximum atomic E-state index is 13.7. The first-order valence-electron chi connectivity index (χ1n) is 7.15. The zero-order valence-corrected chi connectivity index (χ0v) is 11.8. The number of halogens is 4. The maximum absolute atomic E-state index is 13.7. The first-order chi connectivity index (χ1) is 9.93. The Labute approximate surface area is 121 Å². The van der Waals surface area contributed by atoms with Gasteiger partial charge in [0.05, 0.1) is 17.7 Å². The minimum Gasteiger partial charge on any atom is -0.376 e. The largest absolute Gasteiger partial charge is 0.419 e. The molecule has 21 heavy (non-hydrogen) atoms. The van der Waals surface area contributed by atoms with Crippen molar-refractivity contribution in [2.45, 2.75) is 44.5 Å². The summed E-state index contributed by atoms with van der Waals surface area (Å²) in [5.74, 6) is -1.23. The van der Waals surface area contributed by atoms with E-state index in [-0.39, 0.29) is 12.1 Å². The lowest BCUT2D eigenvalue weighted by atomic mass is 9.97. The first-order valence-corrected chi connectivity index (χ1v) is 7.15. The van der Waals surface area contributed by atoms with Gasteiger partial charge in [0.25, 0.3) is 0 Å². The van der Waals surface area contributed by atoms with Crippen molar-refractivity contribution < 1.29 is 22.3 Å². The van der Waals surface area contributed by atoms with Crippen molar-refractivity contribution >= 4 is 0 Å². The molecule has 0 aromatic heterocycles. The summed E-state index contributed by atoms with van der Waals surface area (Å²) in [4.78, 5) is 0. The van der Waals surface area contributed by atoms with E-state index in [2.05, 4.69) is 5.32 Å². The lowest BCUT2D eigenvalue weighted by molar-refractivity contribution is -0.140. The molecule has 1 aliphatic rings. The van der Waals surface area contributed by atoms with E-state index < -0.39 is 17.6 Å². The van der Waals surface area contributed by atoms with Crippen LogP contribution in [0, 0.1) is 5.82 Å². The fraction of sp³-hybridized carbons (Fsp3) is 0.600. The Morgan fingerprint density at radius 1 is 1.38 bits per heavy atom. The van der Waals surface area contributed by atoms with Crippen molar-refractivity contribution in [1.29, 1.82) is 0 Å². The molecule has 1 aromatic rings. The summed E-state index contributed by atoms with van der Waals surface area (Å²) in [6, 6.07) is 2.84. The molecule has 6 heteroatoms. The monoisotopic (exact) mass is 305 g/mol. The Kier molecular flexibility index (Phi) is 5.22. The van der Waals surface area contributed by atoms with E-state index in [4.69, 9.17) is 4.74 Å². The van der Waals surface area contributed by atoms with E-state index >= 15 is 0 Å². The summed E-state index contributed by atoms with van der Waals surface area (Å²) in [5, 5.41) is 3.24. The molecule has 2 atom stereocenters. The molecular weight excluding hydrogens is 286 g/mol. The lowest BCUT2D eigenvalue weighted by Crippen LogP contribution is -2.32. The molecule has 0 amide bonds. The topological polar surface area (TPSA) is 21.3 Å². The Bertz CT molecular complexity index is 469. The molecular formula is C15H19F4NO. The highest BCUT2D eigenvalue weighted by Crippen LogP contribution is 2.34. The highest BCUT2D eigenvalue weighted by molar-refractivity contribution is 5.29. The molecule has 1 N–H and O–H groups in total. The predicted octanol–water partition coefficient (Wildman–Crippen LogP) is 4.06. The van der Waals surface area contributed by atoms with Gasteiger partial charge in [-0.2, -0.15) is 13.2 Å². The number of hydrogen-bond donors (Lipinski definition) is 1. The molecule has 0 spiro atoms. The maximum Gasteiger partial charge on any atom is 0.419 e. The van der Waals surface area contributed by atoms with E-state index in [1.165, 1.54) is 6.07 Å². The van der Waals surface area contributed by atoms with E-state index in [0.29, 0.717) is 18.7 Å². The van der Waals surface area contributed by atoms with E-state index in [1.54, 1.807) is 0 Å². The van der Waals surface area contributed by atoms with E-state index in [0.717, 1.165) is 31.4 Å². The Morgan fingerprint density at radius 3 is 2.67 bits per heavy atom. The van der Waals surface area contributed by atoms with Crippen LogP contribution in [-0.4, -0.2) is 19.3 Å². The molecule has 0 saturated carbocycles. The molecule has 1 heterocycles. The molecule has 2 rings (SSSR count). The summed E-state index contributed by atoms with van der Waals surface area (Å²) < 4.78 is 57.1. The van der Waals surface area contributed by atoms with E-state index in [1.807, 2.05) is 6.92 Å². The van der Waals surface area contributed by atoms with Crippen molar-refractivity contribution in [3.05, 3.63) is 35.1 Å². The number of benzene rings is 1. The van der Waals surface area contributed by atoms with Gasteiger partial charge in [0.15, 0.2) is 0 Å². The van der Waals surface area contributed by atoms with Crippen molar-refractivity contribution in [3.63, 3.8) is 0 Å². The molecule has 1 aromatic carbocycles. The summed E-state index contributed by atoms with van der Waals surface area (Å²) in [6.07, 6.45) is -2.17. The molecule has 1 aliphatic heterocycles. The van der Waals surface area contributed by atoms with Crippen LogP contribution in [0.2, 0.25) is 0 Å². The SMILES string of the molecule is CCCNC(c1ccc(C(F)(F)F)c(F)c1)C1CCCO1. The van der Waals surface area contributed by atoms with Crippen LogP contribution < -0.4 is 5.32 Å². The second-order valence-corrected chi connectivity index (χ2v) is 5.22. The smallest absolute Gasteiger partial charge is 0.376 e. The van der Waals surface area contributed by atoms with E-state index in [9.17, 15) is 17.6 Å². The van der Waals surface area contributed by atoms with Crippen molar-refractivity contribution in [1.82, 2.24) is 5.32 Å². The van der Waals surface area contributed by atoms with Crippen molar-refractivity contribution in [2.75, 3.05) is 13.2 Å². The fourth-order valence-electron chi connectivity index (χ4n) is 2.58. The summed E-state index contributed by atoms with van der Waals surface area (Å²) in [7, 11) is 0. The normalized spacial score (nSPS) is 20.7. The third-order valence-electron chi connectivity index (χ3n) is 3.61. The van der Waals surface area contributed by atoms with Gasteiger partial charge in [0, 0.05) is 6.61 Å². The number of alkyl halides is 3. The minimum atomic E-state index is -4.67. The molecule has 2 nitrogen and oxygen atoms in total. The predicted molar refractivity (Wildman–Crippen MR) is 71.4 cm³/mol. The van der Waals surface area contributed by atoms with Gasteiger partial charge < -0.3 is 10.1 Å². The number of rotatable bonds is 5. The summed E-state index contributed by atoms with van der Waals surface area (Å²) in [5.41, 5.74) is -0.728. The zero-order valence-electron chi connectivity index (χ0n) is 11.8.